The summed E-state index contributed by atoms with van der Waals surface area (Å²) in [5.41, 5.74) is 2.38. The number of benzene rings is 2. The Bertz CT molecular complexity index is 562. The minimum atomic E-state index is -0.0858. The Labute approximate surface area is 119 Å². The monoisotopic (exact) mass is 266 g/mol. The molecule has 2 atom stereocenters. The van der Waals surface area contributed by atoms with Crippen molar-refractivity contribution >= 4 is 5.97 Å². The summed E-state index contributed by atoms with van der Waals surface area (Å²) in [5.74, 6) is 0.915. The van der Waals surface area contributed by atoms with Gasteiger partial charge in [-0.1, -0.05) is 60.7 Å². The third-order valence-corrected chi connectivity index (χ3v) is 3.82. The zero-order valence-electron chi connectivity index (χ0n) is 11.4. The lowest BCUT2D eigenvalue weighted by molar-refractivity contribution is -0.145. The molecule has 0 aromatic heterocycles. The summed E-state index contributed by atoms with van der Waals surface area (Å²) in [6.45, 7) is 0.377. The number of carbonyl (C=O) groups is 1. The van der Waals surface area contributed by atoms with Crippen LogP contribution in [0, 0.1) is 5.92 Å². The van der Waals surface area contributed by atoms with E-state index in [1.807, 2.05) is 36.4 Å². The molecule has 1 aliphatic rings. The van der Waals surface area contributed by atoms with Gasteiger partial charge in [-0.05, 0) is 29.4 Å². The first kappa shape index (κ1) is 12.9. The van der Waals surface area contributed by atoms with Gasteiger partial charge < -0.3 is 4.74 Å². The number of hydrogen-bond donors (Lipinski definition) is 0. The topological polar surface area (TPSA) is 26.3 Å². The lowest BCUT2D eigenvalue weighted by Gasteiger charge is -2.04. The molecule has 3 rings (SSSR count). The molecule has 0 amide bonds. The highest BCUT2D eigenvalue weighted by atomic mass is 16.5. The van der Waals surface area contributed by atoms with E-state index in [1.165, 1.54) is 5.56 Å². The normalized spacial score (nSPS) is 20.4. The van der Waals surface area contributed by atoms with Gasteiger partial charge in [-0.3, -0.25) is 4.79 Å². The van der Waals surface area contributed by atoms with Crippen molar-refractivity contribution in [3.63, 3.8) is 0 Å². The Morgan fingerprint density at radius 1 is 1.00 bits per heavy atom. The van der Waals surface area contributed by atoms with Gasteiger partial charge in [0.15, 0.2) is 0 Å². The van der Waals surface area contributed by atoms with Crippen LogP contribution < -0.4 is 0 Å². The lowest BCUT2D eigenvalue weighted by Crippen LogP contribution is -2.05. The molecule has 0 unspecified atom stereocenters. The molecular weight excluding hydrogens is 248 g/mol. The molecule has 0 radical (unpaired) electrons. The van der Waals surface area contributed by atoms with E-state index in [-0.39, 0.29) is 5.97 Å². The highest BCUT2D eigenvalue weighted by Crippen LogP contribution is 2.49. The second-order valence-corrected chi connectivity index (χ2v) is 5.36. The summed E-state index contributed by atoms with van der Waals surface area (Å²) in [7, 11) is 0. The molecule has 2 aromatic carbocycles. The van der Waals surface area contributed by atoms with Gasteiger partial charge in [-0.15, -0.1) is 0 Å². The first-order valence-electron chi connectivity index (χ1n) is 7.07. The van der Waals surface area contributed by atoms with Gasteiger partial charge >= 0.3 is 5.97 Å². The quantitative estimate of drug-likeness (QED) is 0.767. The predicted molar refractivity (Wildman–Crippen MR) is 78.1 cm³/mol. The van der Waals surface area contributed by atoms with Crippen molar-refractivity contribution in [1.82, 2.24) is 0 Å². The maximum Gasteiger partial charge on any atom is 0.306 e. The van der Waals surface area contributed by atoms with Crippen LogP contribution in [0.25, 0.3) is 0 Å². The molecule has 0 aliphatic heterocycles. The van der Waals surface area contributed by atoms with Crippen molar-refractivity contribution in [3.8, 4) is 0 Å². The number of carbonyl (C=O) groups excluding carboxylic acids is 1. The van der Waals surface area contributed by atoms with Crippen molar-refractivity contribution in [1.29, 1.82) is 0 Å². The largest absolute Gasteiger partial charge is 0.461 e. The van der Waals surface area contributed by atoms with Crippen molar-refractivity contribution in [3.05, 3.63) is 71.8 Å². The number of hydrogen-bond acceptors (Lipinski definition) is 2. The van der Waals surface area contributed by atoms with Crippen molar-refractivity contribution in [2.24, 2.45) is 5.92 Å². The molecule has 1 aliphatic carbocycles. The third kappa shape index (κ3) is 3.27. The zero-order chi connectivity index (χ0) is 13.8. The number of rotatable bonds is 5. The van der Waals surface area contributed by atoms with E-state index in [4.69, 9.17) is 4.74 Å². The molecule has 2 heteroatoms. The van der Waals surface area contributed by atoms with E-state index < -0.39 is 0 Å². The second-order valence-electron chi connectivity index (χ2n) is 5.36. The lowest BCUT2D eigenvalue weighted by atomic mass is 10.1. The van der Waals surface area contributed by atoms with E-state index in [9.17, 15) is 4.79 Å². The molecule has 0 bridgehead atoms. The molecule has 20 heavy (non-hydrogen) atoms. The first-order chi connectivity index (χ1) is 9.83. The van der Waals surface area contributed by atoms with Crippen LogP contribution >= 0.6 is 0 Å². The van der Waals surface area contributed by atoms with Crippen molar-refractivity contribution in [2.45, 2.75) is 25.4 Å². The van der Waals surface area contributed by atoms with Crippen LogP contribution in [0.3, 0.4) is 0 Å². The number of esters is 1. The Kier molecular flexibility index (Phi) is 3.82. The zero-order valence-corrected chi connectivity index (χ0v) is 11.4. The van der Waals surface area contributed by atoms with Gasteiger partial charge in [0.2, 0.25) is 0 Å². The predicted octanol–water partition coefficient (Wildman–Crippen LogP) is 3.92. The summed E-state index contributed by atoms with van der Waals surface area (Å²) >= 11 is 0. The van der Waals surface area contributed by atoms with E-state index in [0.29, 0.717) is 24.9 Å². The minimum Gasteiger partial charge on any atom is -0.461 e. The van der Waals surface area contributed by atoms with E-state index >= 15 is 0 Å². The summed E-state index contributed by atoms with van der Waals surface area (Å²) < 4.78 is 5.32. The Morgan fingerprint density at radius 3 is 2.35 bits per heavy atom. The van der Waals surface area contributed by atoms with Crippen LogP contribution in [0.5, 0.6) is 0 Å². The highest BCUT2D eigenvalue weighted by Gasteiger charge is 2.39. The fraction of sp³-hybridized carbons (Fsp3) is 0.278. The van der Waals surface area contributed by atoms with E-state index in [1.54, 1.807) is 0 Å². The summed E-state index contributed by atoms with van der Waals surface area (Å²) in [6.07, 6.45) is 1.64. The molecule has 0 N–H and O–H groups in total. The van der Waals surface area contributed by atoms with Gasteiger partial charge in [0.25, 0.3) is 0 Å². The summed E-state index contributed by atoms with van der Waals surface area (Å²) in [5, 5.41) is 0. The van der Waals surface area contributed by atoms with Gasteiger partial charge in [0.1, 0.15) is 6.61 Å². The van der Waals surface area contributed by atoms with Crippen LogP contribution in [-0.4, -0.2) is 5.97 Å². The molecule has 2 nitrogen and oxygen atoms in total. The van der Waals surface area contributed by atoms with E-state index in [0.717, 1.165) is 12.0 Å². The highest BCUT2D eigenvalue weighted by molar-refractivity contribution is 5.70. The second kappa shape index (κ2) is 5.91. The van der Waals surface area contributed by atoms with Crippen molar-refractivity contribution < 1.29 is 9.53 Å². The van der Waals surface area contributed by atoms with E-state index in [2.05, 4.69) is 24.3 Å². The molecule has 0 spiro atoms. The molecular formula is C18H18O2. The van der Waals surface area contributed by atoms with Gasteiger partial charge in [-0.25, -0.2) is 0 Å². The van der Waals surface area contributed by atoms with Crippen LogP contribution in [0.2, 0.25) is 0 Å². The maximum atomic E-state index is 11.8. The average Bonchev–Trinajstić information content (AvgIpc) is 3.26. The first-order valence-corrected chi connectivity index (χ1v) is 7.07. The Balaban J connectivity index is 1.45. The maximum absolute atomic E-state index is 11.8. The SMILES string of the molecule is O=C(C[C@@H]1C[C@H]1c1ccccc1)OCc1ccccc1. The summed E-state index contributed by atoms with van der Waals surface area (Å²) in [4.78, 5) is 11.8. The molecule has 102 valence electrons. The number of ether oxygens (including phenoxy) is 1. The van der Waals surface area contributed by atoms with Crippen molar-refractivity contribution in [2.75, 3.05) is 0 Å². The smallest absolute Gasteiger partial charge is 0.306 e. The van der Waals surface area contributed by atoms with Gasteiger partial charge in [-0.2, -0.15) is 0 Å². The van der Waals surface area contributed by atoms with Gasteiger partial charge in [0.05, 0.1) is 0 Å². The average molecular weight is 266 g/mol. The third-order valence-electron chi connectivity index (χ3n) is 3.82. The van der Waals surface area contributed by atoms with Gasteiger partial charge in [0, 0.05) is 6.42 Å². The van der Waals surface area contributed by atoms with Crippen LogP contribution in [0.1, 0.15) is 29.9 Å². The molecule has 0 saturated heterocycles. The van der Waals surface area contributed by atoms with Crippen LogP contribution in [-0.2, 0) is 16.1 Å². The fourth-order valence-electron chi connectivity index (χ4n) is 2.59. The molecule has 0 heterocycles. The minimum absolute atomic E-state index is 0.0858. The Hall–Kier alpha value is -2.09. The van der Waals surface area contributed by atoms with Crippen LogP contribution in [0.15, 0.2) is 60.7 Å². The van der Waals surface area contributed by atoms with Crippen LogP contribution in [0.4, 0.5) is 0 Å². The summed E-state index contributed by atoms with van der Waals surface area (Å²) in [6, 6.07) is 20.2. The molecule has 1 fully saturated rings. The standard InChI is InChI=1S/C18H18O2/c19-18(20-13-14-7-3-1-4-8-14)12-16-11-17(16)15-9-5-2-6-10-15/h1-10,16-17H,11-13H2/t16-,17-/m0/s1. The fourth-order valence-corrected chi connectivity index (χ4v) is 2.59. The molecule has 1 saturated carbocycles. The Morgan fingerprint density at radius 2 is 1.65 bits per heavy atom. The molecule has 2 aromatic rings.